The van der Waals surface area contributed by atoms with E-state index in [1.165, 1.54) is 0 Å². The number of carbonyl (C=O) groups excluding carboxylic acids is 5. The molecule has 9 rings (SSSR count). The van der Waals surface area contributed by atoms with Gasteiger partial charge in [0.05, 0.1) is 17.9 Å². The van der Waals surface area contributed by atoms with Crippen LogP contribution in [-0.4, -0.2) is 68.4 Å². The average molecular weight is 818 g/mol. The molecule has 1 aromatic heterocycles. The number of aromatic amines is 1. The van der Waals surface area contributed by atoms with E-state index in [2.05, 4.69) is 33.1 Å². The lowest BCUT2D eigenvalue weighted by atomic mass is 10.0. The fourth-order valence-corrected chi connectivity index (χ4v) is 8.64. The van der Waals surface area contributed by atoms with Gasteiger partial charge in [-0.2, -0.15) is 0 Å². The van der Waals surface area contributed by atoms with Crippen LogP contribution in [0.5, 0.6) is 0 Å². The summed E-state index contributed by atoms with van der Waals surface area (Å²) < 4.78 is 0. The van der Waals surface area contributed by atoms with Crippen LogP contribution in [0.1, 0.15) is 92.0 Å². The van der Waals surface area contributed by atoms with Gasteiger partial charge in [-0.05, 0) is 84.7 Å². The van der Waals surface area contributed by atoms with Crippen molar-refractivity contribution in [2.45, 2.75) is 82.1 Å². The highest BCUT2D eigenvalue weighted by Gasteiger charge is 2.41. The van der Waals surface area contributed by atoms with Gasteiger partial charge in [0, 0.05) is 31.5 Å². The standard InChI is InChI=1S/C49H51N7O5/c57-45(37-23-24-37)53-42(35-9-3-1-4-10-35)48(60)55-27-7-13-40(55)44-50-30-39(52-44)34-21-19-33(20-22-34)32-17-15-31(16-18-32)29-51-47(59)41-14-8-28-56(41)49(61)43(36-11-5-2-6-12-36)54-46(58)38-25-26-38/h1-6,9-12,15-22,30,37-38,40-43H,7-8,13-14,23-29H2,(H,50,52)(H,51,59)(H,53,57)(H,54,58)/t40-,41-,42+,43+/m0/s1. The summed E-state index contributed by atoms with van der Waals surface area (Å²) in [5, 5.41) is 9.05. The Hall–Kier alpha value is -6.56. The Balaban J connectivity index is 0.808. The van der Waals surface area contributed by atoms with E-state index in [4.69, 9.17) is 4.98 Å². The van der Waals surface area contributed by atoms with Gasteiger partial charge in [0.15, 0.2) is 0 Å². The molecular weight excluding hydrogens is 767 g/mol. The van der Waals surface area contributed by atoms with E-state index in [-0.39, 0.29) is 47.4 Å². The number of amides is 5. The van der Waals surface area contributed by atoms with Crippen molar-refractivity contribution in [3.8, 4) is 22.4 Å². The predicted molar refractivity (Wildman–Crippen MR) is 230 cm³/mol. The molecule has 4 aromatic carbocycles. The molecular formula is C49H51N7O5. The quantitative estimate of drug-likeness (QED) is 0.0997. The van der Waals surface area contributed by atoms with E-state index < -0.39 is 18.1 Å². The molecule has 61 heavy (non-hydrogen) atoms. The molecule has 12 nitrogen and oxygen atoms in total. The van der Waals surface area contributed by atoms with Gasteiger partial charge in [0.25, 0.3) is 0 Å². The van der Waals surface area contributed by atoms with Gasteiger partial charge in [0.1, 0.15) is 23.9 Å². The fraction of sp³-hybridized carbons (Fsp3) is 0.347. The first kappa shape index (κ1) is 39.9. The van der Waals surface area contributed by atoms with Gasteiger partial charge in [-0.1, -0.05) is 109 Å². The van der Waals surface area contributed by atoms with Crippen LogP contribution >= 0.6 is 0 Å². The molecule has 0 radical (unpaired) electrons. The van der Waals surface area contributed by atoms with Gasteiger partial charge in [-0.25, -0.2) is 4.98 Å². The summed E-state index contributed by atoms with van der Waals surface area (Å²) >= 11 is 0. The van der Waals surface area contributed by atoms with Crippen molar-refractivity contribution in [1.82, 2.24) is 35.7 Å². The molecule has 2 aliphatic carbocycles. The third-order valence-electron chi connectivity index (χ3n) is 12.5. The van der Waals surface area contributed by atoms with Crippen LogP contribution in [0.25, 0.3) is 22.4 Å². The molecule has 2 aliphatic heterocycles. The summed E-state index contributed by atoms with van der Waals surface area (Å²) in [5.41, 5.74) is 6.32. The highest BCUT2D eigenvalue weighted by molar-refractivity contribution is 5.94. The maximum atomic E-state index is 14.1. The lowest BCUT2D eigenvalue weighted by Crippen LogP contribution is -2.50. The summed E-state index contributed by atoms with van der Waals surface area (Å²) in [4.78, 5) is 78.7. The number of H-pyrrole nitrogens is 1. The first-order chi connectivity index (χ1) is 29.8. The minimum absolute atomic E-state index is 0.00485. The number of hydrogen-bond donors (Lipinski definition) is 4. The Morgan fingerprint density at radius 1 is 0.590 bits per heavy atom. The maximum absolute atomic E-state index is 14.1. The van der Waals surface area contributed by atoms with Crippen LogP contribution in [0.3, 0.4) is 0 Å². The third kappa shape index (κ3) is 8.99. The fourth-order valence-electron chi connectivity index (χ4n) is 8.64. The monoisotopic (exact) mass is 817 g/mol. The summed E-state index contributed by atoms with van der Waals surface area (Å²) in [5.74, 6) is -0.0538. The van der Waals surface area contributed by atoms with Crippen LogP contribution in [-0.2, 0) is 30.5 Å². The summed E-state index contributed by atoms with van der Waals surface area (Å²) in [6, 6.07) is 32.6. The number of imidazole rings is 1. The summed E-state index contributed by atoms with van der Waals surface area (Å²) in [7, 11) is 0. The normalized spacial score (nSPS) is 19.5. The second-order valence-corrected chi connectivity index (χ2v) is 16.8. The number of nitrogens with zero attached hydrogens (tertiary/aromatic N) is 3. The molecule has 2 saturated carbocycles. The number of carbonyl (C=O) groups is 5. The highest BCUT2D eigenvalue weighted by atomic mass is 16.2. The number of hydrogen-bond acceptors (Lipinski definition) is 6. The molecule has 4 atom stereocenters. The maximum Gasteiger partial charge on any atom is 0.250 e. The van der Waals surface area contributed by atoms with Gasteiger partial charge in [-0.3, -0.25) is 24.0 Å². The van der Waals surface area contributed by atoms with Gasteiger partial charge >= 0.3 is 0 Å². The number of nitrogens with one attached hydrogen (secondary N) is 4. The van der Waals surface area contributed by atoms with Crippen LogP contribution in [0.2, 0.25) is 0 Å². The van der Waals surface area contributed by atoms with E-state index in [0.717, 1.165) is 84.3 Å². The van der Waals surface area contributed by atoms with E-state index in [9.17, 15) is 24.0 Å². The first-order valence-corrected chi connectivity index (χ1v) is 21.6. The Kier molecular flexibility index (Phi) is 11.5. The van der Waals surface area contributed by atoms with Crippen molar-refractivity contribution < 1.29 is 24.0 Å². The Bertz CT molecular complexity index is 2380. The Labute approximate surface area is 355 Å². The first-order valence-electron chi connectivity index (χ1n) is 21.6. The lowest BCUT2D eigenvalue weighted by molar-refractivity contribution is -0.141. The van der Waals surface area contributed by atoms with E-state index >= 15 is 0 Å². The Morgan fingerprint density at radius 2 is 1.10 bits per heavy atom. The van der Waals surface area contributed by atoms with Crippen LogP contribution in [0, 0.1) is 11.8 Å². The molecule has 4 N–H and O–H groups in total. The van der Waals surface area contributed by atoms with Crippen molar-refractivity contribution >= 4 is 29.5 Å². The molecule has 3 heterocycles. The molecule has 5 amide bonds. The minimum Gasteiger partial charge on any atom is -0.350 e. The van der Waals surface area contributed by atoms with E-state index in [1.807, 2.05) is 108 Å². The van der Waals surface area contributed by atoms with Crippen LogP contribution in [0.4, 0.5) is 0 Å². The second kappa shape index (κ2) is 17.6. The number of aromatic nitrogens is 2. The molecule has 4 aliphatic rings. The second-order valence-electron chi connectivity index (χ2n) is 16.8. The largest absolute Gasteiger partial charge is 0.350 e. The molecule has 4 fully saturated rings. The van der Waals surface area contributed by atoms with Gasteiger partial charge < -0.3 is 30.7 Å². The molecule has 0 unspecified atom stereocenters. The van der Waals surface area contributed by atoms with Gasteiger partial charge in [-0.15, -0.1) is 0 Å². The zero-order chi connectivity index (χ0) is 41.9. The van der Waals surface area contributed by atoms with Crippen LogP contribution < -0.4 is 16.0 Å². The summed E-state index contributed by atoms with van der Waals surface area (Å²) in [6.45, 7) is 1.39. The SMILES string of the molecule is O=C(N[C@@H](C(=O)N1CCC[C@H]1C(=O)NCc1ccc(-c2ccc(-c3cnc([C@@H]4CCCN4C(=O)[C@H](NC(=O)C4CC4)c4ccccc4)[nH]3)cc2)cc1)c1ccccc1)C1CC1. The molecule has 12 heteroatoms. The van der Waals surface area contributed by atoms with Crippen molar-refractivity contribution in [3.05, 3.63) is 138 Å². The zero-order valence-electron chi connectivity index (χ0n) is 34.1. The van der Waals surface area contributed by atoms with Crippen molar-refractivity contribution in [2.75, 3.05) is 13.1 Å². The Morgan fingerprint density at radius 3 is 1.67 bits per heavy atom. The van der Waals surface area contributed by atoms with Crippen molar-refractivity contribution in [1.29, 1.82) is 0 Å². The predicted octanol–water partition coefficient (Wildman–Crippen LogP) is 6.55. The van der Waals surface area contributed by atoms with Crippen molar-refractivity contribution in [3.63, 3.8) is 0 Å². The number of likely N-dealkylation sites (tertiary alicyclic amines) is 2. The highest BCUT2D eigenvalue weighted by Crippen LogP contribution is 2.36. The molecule has 0 spiro atoms. The van der Waals surface area contributed by atoms with E-state index in [0.29, 0.717) is 31.6 Å². The molecule has 5 aromatic rings. The number of benzene rings is 4. The van der Waals surface area contributed by atoms with Crippen LogP contribution in [0.15, 0.2) is 115 Å². The average Bonchev–Trinajstić information content (AvgIpc) is 4.18. The third-order valence-corrected chi connectivity index (χ3v) is 12.5. The smallest absolute Gasteiger partial charge is 0.250 e. The molecule has 0 bridgehead atoms. The minimum atomic E-state index is -0.825. The lowest BCUT2D eigenvalue weighted by Gasteiger charge is -2.29. The molecule has 2 saturated heterocycles. The zero-order valence-corrected chi connectivity index (χ0v) is 34.1. The van der Waals surface area contributed by atoms with Crippen molar-refractivity contribution in [2.24, 2.45) is 11.8 Å². The molecule has 312 valence electrons. The summed E-state index contributed by atoms with van der Waals surface area (Å²) in [6.07, 6.45) is 8.14. The van der Waals surface area contributed by atoms with E-state index in [1.54, 1.807) is 4.90 Å². The number of rotatable bonds is 14. The topological polar surface area (TPSA) is 157 Å². The van der Waals surface area contributed by atoms with Gasteiger partial charge in [0.2, 0.25) is 29.5 Å².